The summed E-state index contributed by atoms with van der Waals surface area (Å²) in [5.41, 5.74) is 0. The van der Waals surface area contributed by atoms with Crippen LogP contribution >= 0.6 is 0 Å². The Morgan fingerprint density at radius 1 is 1.31 bits per heavy atom. The fourth-order valence-electron chi connectivity index (χ4n) is 3.30. The van der Waals surface area contributed by atoms with Crippen molar-refractivity contribution in [2.75, 3.05) is 13.1 Å². The smallest absolute Gasteiger partial charge is 0.219 e. The molecule has 1 aliphatic heterocycles. The van der Waals surface area contributed by atoms with E-state index in [2.05, 4.69) is 10.6 Å². The highest BCUT2D eigenvalue weighted by atomic mass is 16.1. The van der Waals surface area contributed by atoms with Gasteiger partial charge >= 0.3 is 0 Å². The molecule has 1 saturated carbocycles. The Kier molecular flexibility index (Phi) is 4.22. The van der Waals surface area contributed by atoms with E-state index in [0.717, 1.165) is 24.9 Å². The lowest BCUT2D eigenvalue weighted by Crippen LogP contribution is -2.52. The maximum Gasteiger partial charge on any atom is 0.219 e. The molecule has 0 spiro atoms. The first-order chi connectivity index (χ1) is 7.81. The minimum atomic E-state index is 0.180. The molecule has 3 unspecified atom stereocenters. The van der Waals surface area contributed by atoms with E-state index in [1.807, 2.05) is 6.92 Å². The number of amides is 1. The highest BCUT2D eigenvalue weighted by Gasteiger charge is 2.34. The Balaban J connectivity index is 1.85. The number of piperidine rings is 1. The summed E-state index contributed by atoms with van der Waals surface area (Å²) in [5, 5.41) is 6.62. The largest absolute Gasteiger partial charge is 0.355 e. The van der Waals surface area contributed by atoms with E-state index in [-0.39, 0.29) is 5.91 Å². The zero-order valence-corrected chi connectivity index (χ0v) is 10.3. The molecule has 16 heavy (non-hydrogen) atoms. The van der Waals surface area contributed by atoms with Crippen LogP contribution in [0.25, 0.3) is 0 Å². The van der Waals surface area contributed by atoms with Crippen LogP contribution in [-0.2, 0) is 4.79 Å². The SMILES string of the molecule is CCC(=O)NCC1NCCC2CCCCC21. The summed E-state index contributed by atoms with van der Waals surface area (Å²) in [6, 6.07) is 0.523. The lowest BCUT2D eigenvalue weighted by molar-refractivity contribution is -0.121. The predicted molar refractivity (Wildman–Crippen MR) is 65.2 cm³/mol. The molecule has 3 atom stereocenters. The zero-order chi connectivity index (χ0) is 11.4. The number of hydrogen-bond donors (Lipinski definition) is 2. The molecule has 2 rings (SSSR count). The van der Waals surface area contributed by atoms with Crippen LogP contribution in [0.15, 0.2) is 0 Å². The molecule has 92 valence electrons. The van der Waals surface area contributed by atoms with Crippen molar-refractivity contribution >= 4 is 5.91 Å². The first-order valence-electron chi connectivity index (χ1n) is 6.81. The van der Waals surface area contributed by atoms with Gasteiger partial charge in [0.15, 0.2) is 0 Å². The van der Waals surface area contributed by atoms with E-state index < -0.39 is 0 Å². The van der Waals surface area contributed by atoms with Gasteiger partial charge in [-0.2, -0.15) is 0 Å². The van der Waals surface area contributed by atoms with Crippen LogP contribution in [0.2, 0.25) is 0 Å². The Morgan fingerprint density at radius 3 is 2.94 bits per heavy atom. The van der Waals surface area contributed by atoms with Crippen LogP contribution < -0.4 is 10.6 Å². The van der Waals surface area contributed by atoms with Gasteiger partial charge in [-0.3, -0.25) is 4.79 Å². The minimum Gasteiger partial charge on any atom is -0.355 e. The van der Waals surface area contributed by atoms with Crippen LogP contribution in [0.1, 0.15) is 45.4 Å². The Hall–Kier alpha value is -0.570. The van der Waals surface area contributed by atoms with Crippen molar-refractivity contribution in [3.63, 3.8) is 0 Å². The van der Waals surface area contributed by atoms with Gasteiger partial charge in [0.1, 0.15) is 0 Å². The van der Waals surface area contributed by atoms with Gasteiger partial charge in [0, 0.05) is 19.0 Å². The van der Waals surface area contributed by atoms with E-state index in [1.54, 1.807) is 0 Å². The van der Waals surface area contributed by atoms with Crippen molar-refractivity contribution in [2.45, 2.75) is 51.5 Å². The normalized spacial score (nSPS) is 34.2. The average Bonchev–Trinajstić information content (AvgIpc) is 2.35. The number of carbonyl (C=O) groups excluding carboxylic acids is 1. The Morgan fingerprint density at radius 2 is 2.12 bits per heavy atom. The molecule has 1 saturated heterocycles. The fourth-order valence-corrected chi connectivity index (χ4v) is 3.30. The molecule has 1 heterocycles. The summed E-state index contributed by atoms with van der Waals surface area (Å²) >= 11 is 0. The van der Waals surface area contributed by atoms with E-state index >= 15 is 0 Å². The van der Waals surface area contributed by atoms with Crippen LogP contribution in [0.4, 0.5) is 0 Å². The maximum atomic E-state index is 11.3. The summed E-state index contributed by atoms with van der Waals surface area (Å²) < 4.78 is 0. The number of nitrogens with one attached hydrogen (secondary N) is 2. The minimum absolute atomic E-state index is 0.180. The average molecular weight is 224 g/mol. The first kappa shape index (κ1) is 11.9. The highest BCUT2D eigenvalue weighted by molar-refractivity contribution is 5.75. The lowest BCUT2D eigenvalue weighted by Gasteiger charge is -2.42. The van der Waals surface area contributed by atoms with Gasteiger partial charge in [0.2, 0.25) is 5.91 Å². The molecular weight excluding hydrogens is 200 g/mol. The fraction of sp³-hybridized carbons (Fsp3) is 0.923. The van der Waals surface area contributed by atoms with Gasteiger partial charge in [-0.05, 0) is 31.2 Å². The second-order valence-electron chi connectivity index (χ2n) is 5.22. The number of fused-ring (bicyclic) bond motifs is 1. The monoisotopic (exact) mass is 224 g/mol. The third kappa shape index (κ3) is 2.76. The molecule has 2 N–H and O–H groups in total. The molecule has 3 nitrogen and oxygen atoms in total. The van der Waals surface area contributed by atoms with Crippen LogP contribution in [-0.4, -0.2) is 25.0 Å². The molecule has 1 amide bonds. The van der Waals surface area contributed by atoms with Crippen molar-refractivity contribution in [1.29, 1.82) is 0 Å². The maximum absolute atomic E-state index is 11.3. The van der Waals surface area contributed by atoms with Crippen molar-refractivity contribution in [2.24, 2.45) is 11.8 Å². The Bertz CT molecular complexity index is 240. The molecule has 2 fully saturated rings. The van der Waals surface area contributed by atoms with Crippen LogP contribution in [0, 0.1) is 11.8 Å². The predicted octanol–water partition coefficient (Wildman–Crippen LogP) is 1.68. The third-order valence-corrected chi connectivity index (χ3v) is 4.25. The Labute approximate surface area is 98.4 Å². The summed E-state index contributed by atoms with van der Waals surface area (Å²) in [6.07, 6.45) is 7.48. The van der Waals surface area contributed by atoms with Crippen LogP contribution in [0.5, 0.6) is 0 Å². The molecule has 0 aromatic carbocycles. The standard InChI is InChI=1S/C13H24N2O/c1-2-13(16)15-9-12-11-6-4-3-5-10(11)7-8-14-12/h10-12,14H,2-9H2,1H3,(H,15,16). The number of hydrogen-bond acceptors (Lipinski definition) is 2. The van der Waals surface area contributed by atoms with Crippen molar-refractivity contribution in [1.82, 2.24) is 10.6 Å². The van der Waals surface area contributed by atoms with Gasteiger partial charge in [-0.25, -0.2) is 0 Å². The van der Waals surface area contributed by atoms with Crippen molar-refractivity contribution < 1.29 is 4.79 Å². The molecule has 2 aliphatic rings. The van der Waals surface area contributed by atoms with Gasteiger partial charge in [-0.1, -0.05) is 26.2 Å². The van der Waals surface area contributed by atoms with Crippen molar-refractivity contribution in [3.8, 4) is 0 Å². The van der Waals surface area contributed by atoms with E-state index in [4.69, 9.17) is 0 Å². The van der Waals surface area contributed by atoms with Gasteiger partial charge in [-0.15, -0.1) is 0 Å². The topological polar surface area (TPSA) is 41.1 Å². The molecule has 0 aromatic rings. The number of rotatable bonds is 3. The van der Waals surface area contributed by atoms with Gasteiger partial charge < -0.3 is 10.6 Å². The molecular formula is C13H24N2O. The molecule has 0 aromatic heterocycles. The zero-order valence-electron chi connectivity index (χ0n) is 10.3. The summed E-state index contributed by atoms with van der Waals surface area (Å²) in [7, 11) is 0. The van der Waals surface area contributed by atoms with Crippen molar-refractivity contribution in [3.05, 3.63) is 0 Å². The molecule has 3 heteroatoms. The van der Waals surface area contributed by atoms with Gasteiger partial charge in [0.25, 0.3) is 0 Å². The highest BCUT2D eigenvalue weighted by Crippen LogP contribution is 2.36. The van der Waals surface area contributed by atoms with E-state index in [9.17, 15) is 4.79 Å². The summed E-state index contributed by atoms with van der Waals surface area (Å²) in [6.45, 7) is 3.87. The lowest BCUT2D eigenvalue weighted by atomic mass is 9.71. The van der Waals surface area contributed by atoms with Crippen LogP contribution in [0.3, 0.4) is 0 Å². The molecule has 0 radical (unpaired) electrons. The molecule has 1 aliphatic carbocycles. The third-order valence-electron chi connectivity index (χ3n) is 4.25. The van der Waals surface area contributed by atoms with E-state index in [1.165, 1.54) is 32.1 Å². The van der Waals surface area contributed by atoms with E-state index in [0.29, 0.717) is 12.5 Å². The number of carbonyl (C=O) groups is 1. The summed E-state index contributed by atoms with van der Waals surface area (Å²) in [4.78, 5) is 11.3. The quantitative estimate of drug-likeness (QED) is 0.766. The second-order valence-corrected chi connectivity index (χ2v) is 5.22. The summed E-state index contributed by atoms with van der Waals surface area (Å²) in [5.74, 6) is 1.90. The second kappa shape index (κ2) is 5.67. The first-order valence-corrected chi connectivity index (χ1v) is 6.81. The molecule has 0 bridgehead atoms. The van der Waals surface area contributed by atoms with Gasteiger partial charge in [0.05, 0.1) is 0 Å².